The van der Waals surface area contributed by atoms with Crippen LogP contribution in [-0.4, -0.2) is 79.9 Å². The molecule has 1 N–H and O–H groups in total. The summed E-state index contributed by atoms with van der Waals surface area (Å²) in [4.78, 5) is 29.0. The van der Waals surface area contributed by atoms with Crippen LogP contribution in [0, 0.1) is 17.2 Å². The highest BCUT2D eigenvalue weighted by Gasteiger charge is 2.39. The van der Waals surface area contributed by atoms with Crippen molar-refractivity contribution < 1.29 is 19.1 Å². The van der Waals surface area contributed by atoms with Gasteiger partial charge in [-0.25, -0.2) is 4.79 Å². The molecule has 0 spiro atoms. The minimum Gasteiger partial charge on any atom is -0.436 e. The number of amides is 2. The second-order valence-electron chi connectivity index (χ2n) is 7.28. The number of piperidine rings is 1. The molecule has 2 aliphatic heterocycles. The zero-order chi connectivity index (χ0) is 19.2. The number of carbonyl (C=O) groups excluding carboxylic acids is 2. The molecule has 0 radical (unpaired) electrons. The van der Waals surface area contributed by atoms with E-state index in [9.17, 15) is 14.9 Å². The summed E-state index contributed by atoms with van der Waals surface area (Å²) in [6.45, 7) is 7.18. The number of carbonyl (C=O) groups is 2. The minimum absolute atomic E-state index is 0.137. The molecule has 8 nitrogen and oxygen atoms in total. The van der Waals surface area contributed by atoms with Crippen LogP contribution >= 0.6 is 0 Å². The van der Waals surface area contributed by atoms with Crippen molar-refractivity contribution in [3.05, 3.63) is 0 Å². The summed E-state index contributed by atoms with van der Waals surface area (Å²) in [6.07, 6.45) is 0.423. The molecule has 0 aliphatic carbocycles. The van der Waals surface area contributed by atoms with Gasteiger partial charge in [0.05, 0.1) is 19.3 Å². The van der Waals surface area contributed by atoms with Crippen molar-refractivity contribution in [3.8, 4) is 6.07 Å². The van der Waals surface area contributed by atoms with Crippen molar-refractivity contribution in [2.24, 2.45) is 5.92 Å². The minimum atomic E-state index is -0.903. The monoisotopic (exact) mass is 366 g/mol. The zero-order valence-electron chi connectivity index (χ0n) is 16.0. The summed E-state index contributed by atoms with van der Waals surface area (Å²) < 4.78 is 10.8. The molecule has 0 aromatic heterocycles. The third kappa shape index (κ3) is 5.08. The Balaban J connectivity index is 2.04. The maximum Gasteiger partial charge on any atom is 0.410 e. The van der Waals surface area contributed by atoms with Crippen LogP contribution in [-0.2, 0) is 14.3 Å². The van der Waals surface area contributed by atoms with Crippen LogP contribution in [0.3, 0.4) is 0 Å². The van der Waals surface area contributed by atoms with Crippen LogP contribution in [0.1, 0.15) is 33.1 Å². The number of likely N-dealkylation sites (tertiary alicyclic amines) is 1. The van der Waals surface area contributed by atoms with Gasteiger partial charge in [-0.1, -0.05) is 13.8 Å². The topological polar surface area (TPSA) is 94.9 Å². The van der Waals surface area contributed by atoms with Gasteiger partial charge in [0.2, 0.25) is 0 Å². The van der Waals surface area contributed by atoms with Gasteiger partial charge >= 0.3 is 6.09 Å². The first-order valence-corrected chi connectivity index (χ1v) is 9.36. The second-order valence-corrected chi connectivity index (χ2v) is 7.28. The number of nitrogens with zero attached hydrogens (tertiary/aromatic N) is 3. The highest BCUT2D eigenvalue weighted by molar-refractivity contribution is 5.84. The molecular weight excluding hydrogens is 336 g/mol. The SMILES string of the molecule is CCC(C)C(OC(=O)N1CCOCC1)C(=O)NC1(C#N)CCN(C)CC1. The Hall–Kier alpha value is -1.85. The first kappa shape index (κ1) is 20.5. The van der Waals surface area contributed by atoms with E-state index in [1.807, 2.05) is 20.9 Å². The number of ether oxygens (including phenoxy) is 2. The van der Waals surface area contributed by atoms with Gasteiger partial charge < -0.3 is 24.6 Å². The van der Waals surface area contributed by atoms with E-state index in [0.29, 0.717) is 45.6 Å². The van der Waals surface area contributed by atoms with Gasteiger partial charge in [-0.15, -0.1) is 0 Å². The second kappa shape index (κ2) is 9.19. The van der Waals surface area contributed by atoms with Gasteiger partial charge in [0.15, 0.2) is 6.10 Å². The number of hydrogen-bond acceptors (Lipinski definition) is 6. The predicted molar refractivity (Wildman–Crippen MR) is 95.3 cm³/mol. The fraction of sp³-hybridized carbons (Fsp3) is 0.833. The molecule has 2 amide bonds. The van der Waals surface area contributed by atoms with Gasteiger partial charge in [-0.2, -0.15) is 5.26 Å². The van der Waals surface area contributed by atoms with Gasteiger partial charge in [0.1, 0.15) is 5.54 Å². The van der Waals surface area contributed by atoms with Crippen LogP contribution in [0.15, 0.2) is 0 Å². The van der Waals surface area contributed by atoms with E-state index in [-0.39, 0.29) is 11.8 Å². The van der Waals surface area contributed by atoms with Crippen molar-refractivity contribution >= 4 is 12.0 Å². The molecule has 2 aliphatic rings. The zero-order valence-corrected chi connectivity index (χ0v) is 16.0. The predicted octanol–water partition coefficient (Wildman–Crippen LogP) is 0.974. The van der Waals surface area contributed by atoms with Crippen LogP contribution in [0.2, 0.25) is 0 Å². The molecular formula is C18H30N4O4. The van der Waals surface area contributed by atoms with Crippen LogP contribution < -0.4 is 5.32 Å². The van der Waals surface area contributed by atoms with Crippen molar-refractivity contribution in [1.82, 2.24) is 15.1 Å². The fourth-order valence-corrected chi connectivity index (χ4v) is 3.14. The van der Waals surface area contributed by atoms with Gasteiger partial charge in [-0.3, -0.25) is 4.79 Å². The number of nitriles is 1. The molecule has 8 heteroatoms. The Kier molecular flexibility index (Phi) is 7.23. The summed E-state index contributed by atoms with van der Waals surface area (Å²) in [5.74, 6) is -0.519. The van der Waals surface area contributed by atoms with E-state index in [4.69, 9.17) is 9.47 Å². The average Bonchev–Trinajstić information content (AvgIpc) is 2.67. The Morgan fingerprint density at radius 3 is 2.42 bits per heavy atom. The lowest BCUT2D eigenvalue weighted by Crippen LogP contribution is -2.57. The molecule has 2 rings (SSSR count). The summed E-state index contributed by atoms with van der Waals surface area (Å²) >= 11 is 0. The largest absolute Gasteiger partial charge is 0.436 e. The fourth-order valence-electron chi connectivity index (χ4n) is 3.14. The van der Waals surface area contributed by atoms with Gasteiger partial charge in [0.25, 0.3) is 5.91 Å². The lowest BCUT2D eigenvalue weighted by molar-refractivity contribution is -0.135. The summed E-state index contributed by atoms with van der Waals surface area (Å²) in [6, 6.07) is 2.27. The molecule has 146 valence electrons. The van der Waals surface area contributed by atoms with E-state index in [0.717, 1.165) is 13.1 Å². The van der Waals surface area contributed by atoms with Crippen molar-refractivity contribution in [1.29, 1.82) is 5.26 Å². The smallest absolute Gasteiger partial charge is 0.410 e. The Labute approximate surface area is 155 Å². The molecule has 2 fully saturated rings. The number of morpholine rings is 1. The number of hydrogen-bond donors (Lipinski definition) is 1. The first-order valence-electron chi connectivity index (χ1n) is 9.36. The van der Waals surface area contributed by atoms with E-state index in [1.54, 1.807) is 4.90 Å². The van der Waals surface area contributed by atoms with E-state index < -0.39 is 17.7 Å². The summed E-state index contributed by atoms with van der Waals surface area (Å²) in [5, 5.41) is 12.5. The molecule has 0 aromatic carbocycles. The van der Waals surface area contributed by atoms with Crippen molar-refractivity contribution in [3.63, 3.8) is 0 Å². The number of rotatable bonds is 5. The van der Waals surface area contributed by atoms with E-state index >= 15 is 0 Å². The third-order valence-electron chi connectivity index (χ3n) is 5.33. The molecule has 2 atom stereocenters. The Morgan fingerprint density at radius 2 is 1.88 bits per heavy atom. The number of nitrogens with one attached hydrogen (secondary N) is 1. The van der Waals surface area contributed by atoms with E-state index in [1.165, 1.54) is 0 Å². The molecule has 0 saturated carbocycles. The first-order chi connectivity index (χ1) is 12.4. The molecule has 0 bridgehead atoms. The van der Waals surface area contributed by atoms with Gasteiger partial charge in [0, 0.05) is 32.1 Å². The molecule has 2 unspecified atom stereocenters. The quantitative estimate of drug-likeness (QED) is 0.779. The normalized spacial score (nSPS) is 22.8. The van der Waals surface area contributed by atoms with Crippen LogP contribution in [0.5, 0.6) is 0 Å². The highest BCUT2D eigenvalue weighted by Crippen LogP contribution is 2.23. The lowest BCUT2D eigenvalue weighted by Gasteiger charge is -2.37. The molecule has 2 saturated heterocycles. The van der Waals surface area contributed by atoms with Crippen molar-refractivity contribution in [2.45, 2.75) is 44.8 Å². The highest BCUT2D eigenvalue weighted by atomic mass is 16.6. The van der Waals surface area contributed by atoms with Crippen LogP contribution in [0.4, 0.5) is 4.79 Å². The summed E-state index contributed by atoms with van der Waals surface area (Å²) in [7, 11) is 2.00. The molecule has 2 heterocycles. The standard InChI is InChI=1S/C18H30N4O4/c1-4-14(2)15(26-17(24)22-9-11-25-12-10-22)16(23)20-18(13-19)5-7-21(3)8-6-18/h14-15H,4-12H2,1-3H3,(H,20,23). The summed E-state index contributed by atoms with van der Waals surface area (Å²) in [5.41, 5.74) is -0.888. The average molecular weight is 366 g/mol. The molecule has 26 heavy (non-hydrogen) atoms. The Bertz CT molecular complexity index is 534. The molecule has 0 aromatic rings. The maximum atomic E-state index is 12.9. The van der Waals surface area contributed by atoms with Gasteiger partial charge in [-0.05, 0) is 26.3 Å². The lowest BCUT2D eigenvalue weighted by atomic mass is 9.88. The van der Waals surface area contributed by atoms with Crippen LogP contribution in [0.25, 0.3) is 0 Å². The Morgan fingerprint density at radius 1 is 1.27 bits per heavy atom. The van der Waals surface area contributed by atoms with E-state index in [2.05, 4.69) is 16.3 Å². The third-order valence-corrected chi connectivity index (χ3v) is 5.33. The van der Waals surface area contributed by atoms with Crippen molar-refractivity contribution in [2.75, 3.05) is 46.4 Å². The maximum absolute atomic E-state index is 12.9.